The Morgan fingerprint density at radius 3 is 2.18 bits per heavy atom. The summed E-state index contributed by atoms with van der Waals surface area (Å²) in [6, 6.07) is 14.9. The van der Waals surface area contributed by atoms with Gasteiger partial charge in [0.25, 0.3) is 0 Å². The smallest absolute Gasteiger partial charge is 0.407 e. The molecule has 0 bridgehead atoms. The lowest BCUT2D eigenvalue weighted by Crippen LogP contribution is -2.49. The molecule has 1 aliphatic carbocycles. The molecule has 3 rings (SSSR count). The van der Waals surface area contributed by atoms with Crippen LogP contribution in [0.15, 0.2) is 48.5 Å². The fourth-order valence-corrected chi connectivity index (χ4v) is 3.55. The number of hydrogen-bond donors (Lipinski definition) is 2. The Morgan fingerprint density at radius 2 is 1.64 bits per heavy atom. The van der Waals surface area contributed by atoms with Crippen molar-refractivity contribution in [3.05, 3.63) is 59.7 Å². The molecule has 1 unspecified atom stereocenters. The number of fused-ring (bicyclic) bond motifs is 3. The number of carbonyl (C=O) groups is 2. The van der Waals surface area contributed by atoms with Crippen LogP contribution in [0.2, 0.25) is 0 Å². The number of rotatable bonds is 8. The zero-order valence-corrected chi connectivity index (χ0v) is 16.1. The fourth-order valence-electron chi connectivity index (χ4n) is 3.55. The topological polar surface area (TPSA) is 84.9 Å². The van der Waals surface area contributed by atoms with Gasteiger partial charge < -0.3 is 19.9 Å². The van der Waals surface area contributed by atoms with Gasteiger partial charge in [-0.2, -0.15) is 0 Å². The van der Waals surface area contributed by atoms with Crippen LogP contribution in [-0.4, -0.2) is 42.5 Å². The largest absolute Gasteiger partial charge is 0.480 e. The lowest BCUT2D eigenvalue weighted by molar-refractivity contribution is -0.143. The molecule has 2 aromatic carbocycles. The molecule has 6 nitrogen and oxygen atoms in total. The van der Waals surface area contributed by atoms with Crippen LogP contribution in [0.4, 0.5) is 4.79 Å². The van der Waals surface area contributed by atoms with Gasteiger partial charge in [-0.1, -0.05) is 55.5 Å². The molecular weight excluding hydrogens is 358 g/mol. The molecule has 2 N–H and O–H groups in total. The van der Waals surface area contributed by atoms with Gasteiger partial charge >= 0.3 is 12.1 Å². The average molecular weight is 383 g/mol. The molecule has 6 heteroatoms. The van der Waals surface area contributed by atoms with Crippen molar-refractivity contribution in [2.45, 2.75) is 38.3 Å². The summed E-state index contributed by atoms with van der Waals surface area (Å²) in [5.41, 5.74) is 4.48. The van der Waals surface area contributed by atoms with Gasteiger partial charge in [-0.3, -0.25) is 0 Å². The first kappa shape index (κ1) is 19.9. The third kappa shape index (κ3) is 4.17. The third-order valence-electron chi connectivity index (χ3n) is 4.94. The molecule has 0 aromatic heterocycles. The zero-order valence-electron chi connectivity index (χ0n) is 16.1. The van der Waals surface area contributed by atoms with Gasteiger partial charge in [0.15, 0.2) is 6.04 Å². The Labute approximate surface area is 164 Å². The number of benzene rings is 2. The number of alkyl carbamates (subject to hydrolysis) is 1. The molecule has 148 valence electrons. The first-order chi connectivity index (χ1) is 13.5. The molecule has 0 aliphatic heterocycles. The summed E-state index contributed by atoms with van der Waals surface area (Å²) in [7, 11) is 0. The van der Waals surface area contributed by atoms with Crippen molar-refractivity contribution in [3.8, 4) is 11.1 Å². The fraction of sp³-hybridized carbons (Fsp3) is 0.364. The minimum atomic E-state index is -1.16. The number of carbonyl (C=O) groups excluding carboxylic acids is 1. The molecule has 1 amide bonds. The van der Waals surface area contributed by atoms with E-state index < -0.39 is 24.2 Å². The normalized spacial score (nSPS) is 14.6. The second-order valence-electron chi connectivity index (χ2n) is 6.86. The summed E-state index contributed by atoms with van der Waals surface area (Å²) in [6.07, 6.45) is -0.652. The summed E-state index contributed by atoms with van der Waals surface area (Å²) < 4.78 is 10.8. The van der Waals surface area contributed by atoms with Gasteiger partial charge in [0.2, 0.25) is 0 Å². The van der Waals surface area contributed by atoms with Crippen LogP contribution in [-0.2, 0) is 14.3 Å². The van der Waals surface area contributed by atoms with Gasteiger partial charge in [0.05, 0.1) is 6.10 Å². The summed E-state index contributed by atoms with van der Waals surface area (Å²) >= 11 is 0. The third-order valence-corrected chi connectivity index (χ3v) is 4.94. The van der Waals surface area contributed by atoms with Crippen molar-refractivity contribution in [2.75, 3.05) is 13.2 Å². The molecule has 0 saturated carbocycles. The van der Waals surface area contributed by atoms with Gasteiger partial charge in [-0.25, -0.2) is 9.59 Å². The number of hydrogen-bond acceptors (Lipinski definition) is 4. The number of amides is 1. The quantitative estimate of drug-likeness (QED) is 0.724. The van der Waals surface area contributed by atoms with Crippen molar-refractivity contribution in [2.24, 2.45) is 0 Å². The molecule has 2 aromatic rings. The Balaban J connectivity index is 1.67. The van der Waals surface area contributed by atoms with E-state index in [4.69, 9.17) is 9.47 Å². The molecule has 28 heavy (non-hydrogen) atoms. The van der Waals surface area contributed by atoms with Gasteiger partial charge in [0.1, 0.15) is 6.61 Å². The van der Waals surface area contributed by atoms with Gasteiger partial charge in [-0.15, -0.1) is 0 Å². The summed E-state index contributed by atoms with van der Waals surface area (Å²) in [6.45, 7) is 4.12. The molecule has 0 saturated heterocycles. The van der Waals surface area contributed by atoms with Crippen molar-refractivity contribution in [1.29, 1.82) is 0 Å². The van der Waals surface area contributed by atoms with Crippen molar-refractivity contribution < 1.29 is 24.2 Å². The number of carboxylic acid groups (broad SMARTS) is 1. The second-order valence-corrected chi connectivity index (χ2v) is 6.86. The molecule has 0 heterocycles. The minimum absolute atomic E-state index is 0.0739. The van der Waals surface area contributed by atoms with E-state index in [0.29, 0.717) is 6.61 Å². The highest BCUT2D eigenvalue weighted by atomic mass is 16.6. The Bertz CT molecular complexity index is 805. The first-order valence-electron chi connectivity index (χ1n) is 9.48. The van der Waals surface area contributed by atoms with E-state index in [1.54, 1.807) is 6.92 Å². The van der Waals surface area contributed by atoms with Gasteiger partial charge in [-0.05, 0) is 35.6 Å². The van der Waals surface area contributed by atoms with Crippen LogP contribution < -0.4 is 5.32 Å². The Hall–Kier alpha value is -2.86. The predicted octanol–water partition coefficient (Wildman–Crippen LogP) is 3.79. The highest BCUT2D eigenvalue weighted by molar-refractivity contribution is 5.81. The monoisotopic (exact) mass is 383 g/mol. The van der Waals surface area contributed by atoms with Crippen LogP contribution in [0.3, 0.4) is 0 Å². The summed E-state index contributed by atoms with van der Waals surface area (Å²) in [4.78, 5) is 23.7. The van der Waals surface area contributed by atoms with Crippen molar-refractivity contribution in [3.63, 3.8) is 0 Å². The highest BCUT2D eigenvalue weighted by Crippen LogP contribution is 2.44. The van der Waals surface area contributed by atoms with E-state index in [1.807, 2.05) is 43.3 Å². The number of nitrogens with one attached hydrogen (secondary N) is 1. The molecule has 2 atom stereocenters. The first-order valence-corrected chi connectivity index (χ1v) is 9.48. The molecular formula is C22H25NO5. The summed E-state index contributed by atoms with van der Waals surface area (Å²) in [5, 5.41) is 11.8. The Kier molecular flexibility index (Phi) is 6.31. The van der Waals surface area contributed by atoms with E-state index in [2.05, 4.69) is 17.4 Å². The highest BCUT2D eigenvalue weighted by Gasteiger charge is 2.31. The van der Waals surface area contributed by atoms with Crippen molar-refractivity contribution in [1.82, 2.24) is 5.32 Å². The van der Waals surface area contributed by atoms with Gasteiger partial charge in [0, 0.05) is 12.5 Å². The van der Waals surface area contributed by atoms with Crippen LogP contribution in [0.1, 0.15) is 37.3 Å². The Morgan fingerprint density at radius 1 is 1.07 bits per heavy atom. The SMILES string of the molecule is CCCOC(C)[C@H](NC(=O)OCC1c2ccccc2-c2ccccc21)C(=O)O. The minimum Gasteiger partial charge on any atom is -0.480 e. The maximum atomic E-state index is 12.3. The molecule has 0 fully saturated rings. The summed E-state index contributed by atoms with van der Waals surface area (Å²) in [5.74, 6) is -1.23. The molecule has 1 aliphatic rings. The molecule has 0 radical (unpaired) electrons. The van der Waals surface area contributed by atoms with Crippen LogP contribution in [0.25, 0.3) is 11.1 Å². The number of aliphatic carboxylic acids is 1. The number of carboxylic acids is 1. The lowest BCUT2D eigenvalue weighted by Gasteiger charge is -2.22. The standard InChI is InChI=1S/C22H25NO5/c1-3-12-27-14(2)20(21(24)25)23-22(26)28-13-19-17-10-6-4-8-15(17)16-9-5-7-11-18(16)19/h4-11,14,19-20H,3,12-13H2,1-2H3,(H,23,26)(H,24,25)/t14?,20-/m0/s1. The van der Waals surface area contributed by atoms with E-state index in [1.165, 1.54) is 0 Å². The second kappa shape index (κ2) is 8.89. The van der Waals surface area contributed by atoms with Crippen LogP contribution in [0.5, 0.6) is 0 Å². The average Bonchev–Trinajstić information content (AvgIpc) is 3.02. The van der Waals surface area contributed by atoms with E-state index in [-0.39, 0.29) is 12.5 Å². The van der Waals surface area contributed by atoms with Crippen LogP contribution in [0, 0.1) is 0 Å². The maximum absolute atomic E-state index is 12.3. The van der Waals surface area contributed by atoms with Crippen LogP contribution >= 0.6 is 0 Å². The zero-order chi connectivity index (χ0) is 20.1. The maximum Gasteiger partial charge on any atom is 0.407 e. The van der Waals surface area contributed by atoms with E-state index >= 15 is 0 Å². The van der Waals surface area contributed by atoms with E-state index in [0.717, 1.165) is 28.7 Å². The molecule has 0 spiro atoms. The predicted molar refractivity (Wildman–Crippen MR) is 105 cm³/mol. The number of ether oxygens (including phenoxy) is 2. The van der Waals surface area contributed by atoms with E-state index in [9.17, 15) is 14.7 Å². The lowest BCUT2D eigenvalue weighted by atomic mass is 9.98. The van der Waals surface area contributed by atoms with Crippen molar-refractivity contribution >= 4 is 12.1 Å².